The van der Waals surface area contributed by atoms with Crippen LogP contribution < -0.4 is 5.32 Å². The Bertz CT molecular complexity index is 1040. The third-order valence-corrected chi connectivity index (χ3v) is 5.81. The number of aromatic nitrogens is 1. The molecule has 0 radical (unpaired) electrons. The van der Waals surface area contributed by atoms with Crippen molar-refractivity contribution in [2.45, 2.75) is 11.8 Å². The number of fused-ring (bicyclic) bond motifs is 1. The molecular formula is C16H13BrN2O3S2. The number of rotatable bonds is 3. The summed E-state index contributed by atoms with van der Waals surface area (Å²) in [5.41, 5.74) is 2.14. The quantitative estimate of drug-likeness (QED) is 0.688. The normalized spacial score (nSPS) is 11.6. The highest BCUT2D eigenvalue weighted by Gasteiger charge is 2.13. The first-order chi connectivity index (χ1) is 11.2. The van der Waals surface area contributed by atoms with Gasteiger partial charge in [-0.1, -0.05) is 27.3 Å². The van der Waals surface area contributed by atoms with Gasteiger partial charge in [0.05, 0.1) is 15.1 Å². The zero-order chi connectivity index (χ0) is 17.5. The number of sulfone groups is 1. The molecule has 0 saturated heterocycles. The molecule has 1 N–H and O–H groups in total. The molecule has 0 unspecified atom stereocenters. The largest absolute Gasteiger partial charge is 0.298 e. The Labute approximate surface area is 151 Å². The van der Waals surface area contributed by atoms with Crippen LogP contribution in [0.15, 0.2) is 45.8 Å². The standard InChI is InChI=1S/C16H13BrN2O3S2/c1-9-5-10(7-11(17)6-9)15(20)19-16-18-13-4-3-12(24(2,21)22)8-14(13)23-16/h3-8H,1-2H3,(H,18,19,20). The molecule has 0 atom stereocenters. The van der Waals surface area contributed by atoms with Gasteiger partial charge < -0.3 is 0 Å². The summed E-state index contributed by atoms with van der Waals surface area (Å²) in [6.07, 6.45) is 1.16. The molecule has 2 aromatic carbocycles. The lowest BCUT2D eigenvalue weighted by atomic mass is 10.1. The van der Waals surface area contributed by atoms with Gasteiger partial charge in [-0.15, -0.1) is 0 Å². The van der Waals surface area contributed by atoms with E-state index in [9.17, 15) is 13.2 Å². The van der Waals surface area contributed by atoms with E-state index in [-0.39, 0.29) is 10.8 Å². The summed E-state index contributed by atoms with van der Waals surface area (Å²) in [5, 5.41) is 3.19. The number of thiazole rings is 1. The van der Waals surface area contributed by atoms with Gasteiger partial charge >= 0.3 is 0 Å². The van der Waals surface area contributed by atoms with E-state index in [2.05, 4.69) is 26.2 Å². The molecule has 0 fully saturated rings. The molecule has 8 heteroatoms. The molecule has 1 amide bonds. The topological polar surface area (TPSA) is 76.1 Å². The van der Waals surface area contributed by atoms with E-state index in [1.54, 1.807) is 24.3 Å². The summed E-state index contributed by atoms with van der Waals surface area (Å²) in [6, 6.07) is 10.2. The van der Waals surface area contributed by atoms with Crippen LogP contribution >= 0.6 is 27.3 Å². The van der Waals surface area contributed by atoms with Crippen LogP contribution in [0.1, 0.15) is 15.9 Å². The molecule has 5 nitrogen and oxygen atoms in total. The van der Waals surface area contributed by atoms with Crippen LogP contribution in [-0.2, 0) is 9.84 Å². The Morgan fingerprint density at radius 3 is 2.62 bits per heavy atom. The predicted octanol–water partition coefficient (Wildman–Crippen LogP) is 4.02. The Kier molecular flexibility index (Phi) is 4.46. The van der Waals surface area contributed by atoms with E-state index in [1.165, 1.54) is 17.4 Å². The molecule has 0 bridgehead atoms. The lowest BCUT2D eigenvalue weighted by Crippen LogP contribution is -2.11. The second kappa shape index (κ2) is 6.27. The number of amides is 1. The van der Waals surface area contributed by atoms with E-state index in [0.29, 0.717) is 20.9 Å². The monoisotopic (exact) mass is 424 g/mol. The van der Waals surface area contributed by atoms with Gasteiger partial charge in [0.1, 0.15) is 0 Å². The van der Waals surface area contributed by atoms with Gasteiger partial charge in [-0.25, -0.2) is 13.4 Å². The van der Waals surface area contributed by atoms with Crippen molar-refractivity contribution in [3.8, 4) is 0 Å². The fourth-order valence-corrected chi connectivity index (χ4v) is 4.46. The second-order valence-corrected chi connectivity index (χ2v) is 9.35. The molecule has 1 aromatic heterocycles. The minimum Gasteiger partial charge on any atom is -0.298 e. The number of nitrogens with zero attached hydrogens (tertiary/aromatic N) is 1. The van der Waals surface area contributed by atoms with E-state index in [4.69, 9.17) is 0 Å². The van der Waals surface area contributed by atoms with Crippen LogP contribution in [0.2, 0.25) is 0 Å². The number of carbonyl (C=O) groups is 1. The summed E-state index contributed by atoms with van der Waals surface area (Å²) in [5.74, 6) is -0.262. The maximum Gasteiger partial charge on any atom is 0.257 e. The van der Waals surface area contributed by atoms with Crippen molar-refractivity contribution in [1.29, 1.82) is 0 Å². The van der Waals surface area contributed by atoms with Gasteiger partial charge in [0.15, 0.2) is 15.0 Å². The number of benzene rings is 2. The number of anilines is 1. The molecule has 0 aliphatic carbocycles. The fraction of sp³-hybridized carbons (Fsp3) is 0.125. The van der Waals surface area contributed by atoms with Crippen molar-refractivity contribution < 1.29 is 13.2 Å². The van der Waals surface area contributed by atoms with Gasteiger partial charge in [-0.2, -0.15) is 0 Å². The first-order valence-electron chi connectivity index (χ1n) is 6.91. The minimum atomic E-state index is -3.27. The highest BCUT2D eigenvalue weighted by molar-refractivity contribution is 9.10. The molecule has 124 valence electrons. The molecular weight excluding hydrogens is 412 g/mol. The van der Waals surface area contributed by atoms with Crippen LogP contribution in [0.3, 0.4) is 0 Å². The van der Waals surface area contributed by atoms with Crippen molar-refractivity contribution in [1.82, 2.24) is 4.98 Å². The molecule has 0 spiro atoms. The second-order valence-electron chi connectivity index (χ2n) is 5.39. The highest BCUT2D eigenvalue weighted by Crippen LogP contribution is 2.28. The summed E-state index contributed by atoms with van der Waals surface area (Å²) < 4.78 is 24.8. The van der Waals surface area contributed by atoms with Crippen molar-refractivity contribution in [2.24, 2.45) is 0 Å². The first kappa shape index (κ1) is 17.1. The molecule has 0 aliphatic rings. The zero-order valence-electron chi connectivity index (χ0n) is 12.8. The van der Waals surface area contributed by atoms with E-state index < -0.39 is 9.84 Å². The van der Waals surface area contributed by atoms with E-state index in [0.717, 1.165) is 16.3 Å². The van der Waals surface area contributed by atoms with Crippen molar-refractivity contribution in [3.05, 3.63) is 52.0 Å². The molecule has 3 rings (SSSR count). The first-order valence-corrected chi connectivity index (χ1v) is 10.4. The highest BCUT2D eigenvalue weighted by atomic mass is 79.9. The summed E-state index contributed by atoms with van der Waals surface area (Å²) in [7, 11) is -3.27. The van der Waals surface area contributed by atoms with Crippen molar-refractivity contribution in [2.75, 3.05) is 11.6 Å². The number of nitrogens with one attached hydrogen (secondary N) is 1. The number of carbonyl (C=O) groups excluding carboxylic acids is 1. The fourth-order valence-electron chi connectivity index (χ4n) is 2.23. The molecule has 3 aromatic rings. The van der Waals surface area contributed by atoms with Crippen LogP contribution in [0.4, 0.5) is 5.13 Å². The van der Waals surface area contributed by atoms with Gasteiger partial charge in [-0.3, -0.25) is 10.1 Å². The molecule has 0 saturated carbocycles. The van der Waals surface area contributed by atoms with Crippen molar-refractivity contribution in [3.63, 3.8) is 0 Å². The zero-order valence-corrected chi connectivity index (χ0v) is 16.0. The average Bonchev–Trinajstić information content (AvgIpc) is 2.86. The van der Waals surface area contributed by atoms with Crippen LogP contribution in [-0.4, -0.2) is 25.6 Å². The Morgan fingerprint density at radius 1 is 1.21 bits per heavy atom. The van der Waals surface area contributed by atoms with E-state index in [1.807, 2.05) is 13.0 Å². The van der Waals surface area contributed by atoms with Crippen LogP contribution in [0.5, 0.6) is 0 Å². The third kappa shape index (κ3) is 3.66. The summed E-state index contributed by atoms with van der Waals surface area (Å²) in [4.78, 5) is 16.9. The number of halogens is 1. The lowest BCUT2D eigenvalue weighted by molar-refractivity contribution is 0.102. The average molecular weight is 425 g/mol. The van der Waals surface area contributed by atoms with Gasteiger partial charge in [0.25, 0.3) is 5.91 Å². The van der Waals surface area contributed by atoms with E-state index >= 15 is 0 Å². The minimum absolute atomic E-state index is 0.235. The summed E-state index contributed by atoms with van der Waals surface area (Å²) >= 11 is 4.61. The van der Waals surface area contributed by atoms with Crippen LogP contribution in [0.25, 0.3) is 10.2 Å². The molecule has 24 heavy (non-hydrogen) atoms. The smallest absolute Gasteiger partial charge is 0.257 e. The van der Waals surface area contributed by atoms with Crippen LogP contribution in [0, 0.1) is 6.92 Å². The number of hydrogen-bond donors (Lipinski definition) is 1. The third-order valence-electron chi connectivity index (χ3n) is 3.31. The molecule has 0 aliphatic heterocycles. The predicted molar refractivity (Wildman–Crippen MR) is 99.6 cm³/mol. The van der Waals surface area contributed by atoms with Crippen molar-refractivity contribution >= 4 is 58.4 Å². The number of aryl methyl sites for hydroxylation is 1. The number of hydrogen-bond acceptors (Lipinski definition) is 5. The summed E-state index contributed by atoms with van der Waals surface area (Å²) in [6.45, 7) is 1.91. The Morgan fingerprint density at radius 2 is 1.96 bits per heavy atom. The van der Waals surface area contributed by atoms with Gasteiger partial charge in [0, 0.05) is 16.3 Å². The maximum atomic E-state index is 12.4. The van der Waals surface area contributed by atoms with Gasteiger partial charge in [0.2, 0.25) is 0 Å². The Balaban J connectivity index is 1.91. The molecule has 1 heterocycles. The maximum absolute atomic E-state index is 12.4. The lowest BCUT2D eigenvalue weighted by Gasteiger charge is -2.03. The Hall–Kier alpha value is -1.77. The van der Waals surface area contributed by atoms with Gasteiger partial charge in [-0.05, 0) is 48.9 Å². The SMILES string of the molecule is Cc1cc(Br)cc(C(=O)Nc2nc3ccc(S(C)(=O)=O)cc3s2)c1.